The number of allylic oxidation sites excluding steroid dienone is 2. The van der Waals surface area contributed by atoms with E-state index in [0.717, 1.165) is 19.3 Å². The third-order valence-electron chi connectivity index (χ3n) is 1.99. The van der Waals surface area contributed by atoms with Crippen molar-refractivity contribution in [3.8, 4) is 0 Å². The number of esters is 1. The van der Waals surface area contributed by atoms with Gasteiger partial charge in [0, 0.05) is 0 Å². The first-order valence-electron chi connectivity index (χ1n) is 4.24. The third kappa shape index (κ3) is 3.05. The third-order valence-corrected chi connectivity index (χ3v) is 1.99. The molecule has 0 saturated carbocycles. The topological polar surface area (TPSA) is 46.5 Å². The Balaban J connectivity index is 2.14. The second-order valence-corrected chi connectivity index (χ2v) is 2.99. The van der Waals surface area contributed by atoms with Gasteiger partial charge in [-0.3, -0.25) is 0 Å². The van der Waals surface area contributed by atoms with E-state index < -0.39 is 12.6 Å². The average molecular weight is 170 g/mol. The minimum Gasteiger partial charge on any atom is -0.464 e. The van der Waals surface area contributed by atoms with E-state index in [1.807, 2.05) is 0 Å². The van der Waals surface area contributed by atoms with E-state index in [1.54, 1.807) is 0 Å². The van der Waals surface area contributed by atoms with Crippen molar-refractivity contribution < 1.29 is 14.6 Å². The van der Waals surface area contributed by atoms with Gasteiger partial charge in [0.15, 0.2) is 0 Å². The number of hydrogen-bond donors (Lipinski definition) is 1. The predicted octanol–water partition coefficient (Wildman–Crippen LogP) is 0.878. The summed E-state index contributed by atoms with van der Waals surface area (Å²) in [5.41, 5.74) is 0. The van der Waals surface area contributed by atoms with Gasteiger partial charge in [-0.05, 0) is 25.2 Å². The molecule has 0 fully saturated rings. The lowest BCUT2D eigenvalue weighted by molar-refractivity contribution is -0.148. The van der Waals surface area contributed by atoms with Gasteiger partial charge in [0.2, 0.25) is 0 Å². The highest BCUT2D eigenvalue weighted by Crippen LogP contribution is 2.17. The highest BCUT2D eigenvalue weighted by atomic mass is 16.5. The van der Waals surface area contributed by atoms with Gasteiger partial charge in [0.05, 0.1) is 6.61 Å². The van der Waals surface area contributed by atoms with E-state index in [9.17, 15) is 4.79 Å². The normalized spacial score (nSPS) is 22.2. The van der Waals surface area contributed by atoms with Crippen LogP contribution in [-0.4, -0.2) is 24.3 Å². The molecule has 68 valence electrons. The van der Waals surface area contributed by atoms with Crippen molar-refractivity contribution in [1.29, 1.82) is 0 Å². The molecule has 0 unspecified atom stereocenters. The van der Waals surface area contributed by atoms with Gasteiger partial charge in [0.25, 0.3) is 0 Å². The molecule has 12 heavy (non-hydrogen) atoms. The summed E-state index contributed by atoms with van der Waals surface area (Å²) in [6.45, 7) is -0.0632. The number of rotatable bonds is 3. The van der Waals surface area contributed by atoms with Gasteiger partial charge in [-0.2, -0.15) is 0 Å². The molecule has 3 nitrogen and oxygen atoms in total. The fourth-order valence-corrected chi connectivity index (χ4v) is 1.26. The molecular formula is C9H14O3. The van der Waals surface area contributed by atoms with Crippen LogP contribution in [0.5, 0.6) is 0 Å². The summed E-state index contributed by atoms with van der Waals surface area (Å²) in [6, 6.07) is 0. The van der Waals surface area contributed by atoms with Crippen LogP contribution in [-0.2, 0) is 9.53 Å². The highest BCUT2D eigenvalue weighted by Gasteiger charge is 2.11. The quantitative estimate of drug-likeness (QED) is 0.505. The molecule has 1 atom stereocenters. The Morgan fingerprint density at radius 2 is 2.42 bits per heavy atom. The van der Waals surface area contributed by atoms with Crippen molar-refractivity contribution in [3.63, 3.8) is 0 Å². The molecule has 0 amide bonds. The SMILES string of the molecule is O=C(CO)OC[C@@H]1CC=CCC1. The molecule has 0 aliphatic heterocycles. The summed E-state index contributed by atoms with van der Waals surface area (Å²) in [7, 11) is 0. The molecule has 1 aliphatic rings. The molecule has 0 heterocycles. The van der Waals surface area contributed by atoms with E-state index in [-0.39, 0.29) is 0 Å². The molecule has 0 spiro atoms. The average Bonchev–Trinajstić information content (AvgIpc) is 2.16. The van der Waals surface area contributed by atoms with Crippen molar-refractivity contribution >= 4 is 5.97 Å². The van der Waals surface area contributed by atoms with Crippen molar-refractivity contribution in [2.45, 2.75) is 19.3 Å². The van der Waals surface area contributed by atoms with Crippen LogP contribution in [0.2, 0.25) is 0 Å². The lowest BCUT2D eigenvalue weighted by Gasteiger charge is -2.16. The van der Waals surface area contributed by atoms with Crippen LogP contribution in [0.3, 0.4) is 0 Å². The molecule has 0 aromatic carbocycles. The Bertz CT molecular complexity index is 175. The largest absolute Gasteiger partial charge is 0.464 e. The summed E-state index contributed by atoms with van der Waals surface area (Å²) in [5, 5.41) is 8.38. The first-order valence-corrected chi connectivity index (χ1v) is 4.24. The fraction of sp³-hybridized carbons (Fsp3) is 0.667. The van der Waals surface area contributed by atoms with Crippen LogP contribution in [0, 0.1) is 5.92 Å². The second kappa shape index (κ2) is 4.93. The fourth-order valence-electron chi connectivity index (χ4n) is 1.26. The zero-order valence-electron chi connectivity index (χ0n) is 7.03. The molecule has 0 radical (unpaired) electrons. The molecule has 1 N–H and O–H groups in total. The van der Waals surface area contributed by atoms with Crippen LogP contribution in [0.1, 0.15) is 19.3 Å². The molecule has 0 saturated heterocycles. The smallest absolute Gasteiger partial charge is 0.331 e. The minimum absolute atomic E-state index is 0.448. The molecule has 0 aromatic heterocycles. The predicted molar refractivity (Wildman–Crippen MR) is 44.5 cm³/mol. The maximum Gasteiger partial charge on any atom is 0.331 e. The lowest BCUT2D eigenvalue weighted by Crippen LogP contribution is -2.17. The molecule has 0 bridgehead atoms. The van der Waals surface area contributed by atoms with E-state index in [1.165, 1.54) is 0 Å². The molecule has 3 heteroatoms. The van der Waals surface area contributed by atoms with E-state index in [4.69, 9.17) is 9.84 Å². The Morgan fingerprint density at radius 1 is 1.58 bits per heavy atom. The van der Waals surface area contributed by atoms with Crippen molar-refractivity contribution in [1.82, 2.24) is 0 Å². The maximum atomic E-state index is 10.6. The van der Waals surface area contributed by atoms with Gasteiger partial charge in [-0.15, -0.1) is 0 Å². The molecule has 1 aliphatic carbocycles. The number of ether oxygens (including phenoxy) is 1. The number of carbonyl (C=O) groups excluding carboxylic acids is 1. The lowest BCUT2D eigenvalue weighted by atomic mass is 9.95. The number of carbonyl (C=O) groups is 1. The van der Waals surface area contributed by atoms with Gasteiger partial charge in [0.1, 0.15) is 6.61 Å². The molecule has 0 aromatic rings. The van der Waals surface area contributed by atoms with Crippen LogP contribution in [0.25, 0.3) is 0 Å². The first-order chi connectivity index (χ1) is 5.83. The monoisotopic (exact) mass is 170 g/mol. The van der Waals surface area contributed by atoms with Gasteiger partial charge in [-0.25, -0.2) is 4.79 Å². The highest BCUT2D eigenvalue weighted by molar-refractivity contribution is 5.70. The Morgan fingerprint density at radius 3 is 3.00 bits per heavy atom. The van der Waals surface area contributed by atoms with Crippen LogP contribution in [0.4, 0.5) is 0 Å². The number of aliphatic hydroxyl groups is 1. The summed E-state index contributed by atoms with van der Waals surface area (Å²) in [5.74, 6) is -0.0740. The zero-order chi connectivity index (χ0) is 8.81. The summed E-state index contributed by atoms with van der Waals surface area (Å²) in [4.78, 5) is 10.6. The van der Waals surface area contributed by atoms with Gasteiger partial charge in [-0.1, -0.05) is 12.2 Å². The standard InChI is InChI=1S/C9H14O3/c10-6-9(11)12-7-8-4-2-1-3-5-8/h1-2,8,10H,3-7H2/t8-/m1/s1. The van der Waals surface area contributed by atoms with Gasteiger partial charge < -0.3 is 9.84 Å². The summed E-state index contributed by atoms with van der Waals surface area (Å²) < 4.78 is 4.81. The number of aliphatic hydroxyl groups excluding tert-OH is 1. The zero-order valence-corrected chi connectivity index (χ0v) is 7.03. The van der Waals surface area contributed by atoms with Crippen LogP contribution >= 0.6 is 0 Å². The summed E-state index contributed by atoms with van der Waals surface area (Å²) >= 11 is 0. The van der Waals surface area contributed by atoms with E-state index in [2.05, 4.69) is 12.2 Å². The van der Waals surface area contributed by atoms with Gasteiger partial charge >= 0.3 is 5.97 Å². The number of hydrogen-bond acceptors (Lipinski definition) is 3. The second-order valence-electron chi connectivity index (χ2n) is 2.99. The van der Waals surface area contributed by atoms with Crippen molar-refractivity contribution in [2.75, 3.05) is 13.2 Å². The Kier molecular flexibility index (Phi) is 3.80. The minimum atomic E-state index is -0.524. The maximum absolute atomic E-state index is 10.6. The van der Waals surface area contributed by atoms with E-state index >= 15 is 0 Å². The van der Waals surface area contributed by atoms with Crippen LogP contribution < -0.4 is 0 Å². The Hall–Kier alpha value is -0.830. The van der Waals surface area contributed by atoms with Crippen molar-refractivity contribution in [3.05, 3.63) is 12.2 Å². The Labute approximate surface area is 72.0 Å². The summed E-state index contributed by atoms with van der Waals surface area (Å²) in [6.07, 6.45) is 7.39. The van der Waals surface area contributed by atoms with Crippen LogP contribution in [0.15, 0.2) is 12.2 Å². The first kappa shape index (κ1) is 9.26. The van der Waals surface area contributed by atoms with Crippen molar-refractivity contribution in [2.24, 2.45) is 5.92 Å². The molecular weight excluding hydrogens is 156 g/mol. The molecule has 1 rings (SSSR count). The van der Waals surface area contributed by atoms with E-state index in [0.29, 0.717) is 12.5 Å².